The maximum Gasteiger partial charge on any atom is 0.254 e. The molecule has 116 valence electrons. The summed E-state index contributed by atoms with van der Waals surface area (Å²) in [6.45, 7) is 5.88. The summed E-state index contributed by atoms with van der Waals surface area (Å²) in [5, 5.41) is 0. The highest BCUT2D eigenvalue weighted by molar-refractivity contribution is 5.23. The van der Waals surface area contributed by atoms with Crippen LogP contribution in [0.1, 0.15) is 42.4 Å². The summed E-state index contributed by atoms with van der Waals surface area (Å²) < 4.78 is 13.8. The largest absolute Gasteiger partial charge is 0.310 e. The fraction of sp³-hybridized carbons (Fsp3) is 0.412. The molecule has 3 rings (SSSR count). The van der Waals surface area contributed by atoms with E-state index in [1.165, 1.54) is 6.07 Å². The minimum Gasteiger partial charge on any atom is -0.310 e. The maximum atomic E-state index is 13.8. The van der Waals surface area contributed by atoms with Crippen LogP contribution in [0.4, 0.5) is 4.39 Å². The van der Waals surface area contributed by atoms with Crippen LogP contribution in [0.2, 0.25) is 0 Å². The average Bonchev–Trinajstić information content (AvgIpc) is 2.49. The molecule has 0 radical (unpaired) electrons. The number of H-pyrrole nitrogens is 1. The molecule has 0 saturated carbocycles. The lowest BCUT2D eigenvalue weighted by Crippen LogP contribution is -2.35. The molecule has 0 spiro atoms. The van der Waals surface area contributed by atoms with Gasteiger partial charge in [0.15, 0.2) is 0 Å². The molecule has 4 nitrogen and oxygen atoms in total. The van der Waals surface area contributed by atoms with Crippen molar-refractivity contribution in [2.75, 3.05) is 6.54 Å². The van der Waals surface area contributed by atoms with Crippen molar-refractivity contribution in [3.63, 3.8) is 0 Å². The van der Waals surface area contributed by atoms with Crippen LogP contribution in [-0.2, 0) is 19.5 Å². The third-order valence-electron chi connectivity index (χ3n) is 4.07. The van der Waals surface area contributed by atoms with Crippen molar-refractivity contribution in [1.29, 1.82) is 0 Å². The topological polar surface area (TPSA) is 49.0 Å². The number of hydrogen-bond donors (Lipinski definition) is 1. The van der Waals surface area contributed by atoms with Crippen LogP contribution in [0.3, 0.4) is 0 Å². The van der Waals surface area contributed by atoms with Gasteiger partial charge in [-0.05, 0) is 12.5 Å². The molecule has 1 N–H and O–H groups in total. The van der Waals surface area contributed by atoms with Gasteiger partial charge in [0.1, 0.15) is 11.6 Å². The van der Waals surface area contributed by atoms with Gasteiger partial charge in [-0.3, -0.25) is 9.69 Å². The average molecular weight is 301 g/mol. The van der Waals surface area contributed by atoms with Crippen LogP contribution >= 0.6 is 0 Å². The smallest absolute Gasteiger partial charge is 0.254 e. The molecular weight excluding hydrogens is 281 g/mol. The predicted molar refractivity (Wildman–Crippen MR) is 83.2 cm³/mol. The van der Waals surface area contributed by atoms with Crippen molar-refractivity contribution in [2.24, 2.45) is 0 Å². The molecule has 0 fully saturated rings. The van der Waals surface area contributed by atoms with E-state index in [2.05, 4.69) is 14.9 Å². The molecule has 5 heteroatoms. The van der Waals surface area contributed by atoms with E-state index in [0.29, 0.717) is 25.1 Å². The second kappa shape index (κ2) is 6.01. The quantitative estimate of drug-likeness (QED) is 0.948. The van der Waals surface area contributed by atoms with E-state index in [1.807, 2.05) is 19.9 Å². The molecule has 1 aromatic heterocycles. The summed E-state index contributed by atoms with van der Waals surface area (Å²) in [6.07, 6.45) is 0.657. The number of benzene rings is 1. The van der Waals surface area contributed by atoms with Gasteiger partial charge >= 0.3 is 0 Å². The minimum absolute atomic E-state index is 0.0285. The Hall–Kier alpha value is -2.01. The monoisotopic (exact) mass is 301 g/mol. The molecule has 0 amide bonds. The number of aromatic amines is 1. The zero-order valence-corrected chi connectivity index (χ0v) is 12.9. The number of fused-ring (bicyclic) bond motifs is 1. The first kappa shape index (κ1) is 14.9. The second-order valence-electron chi connectivity index (χ2n) is 6.08. The van der Waals surface area contributed by atoms with Crippen LogP contribution in [-0.4, -0.2) is 21.4 Å². The van der Waals surface area contributed by atoms with E-state index < -0.39 is 0 Å². The molecule has 0 atom stereocenters. The van der Waals surface area contributed by atoms with Crippen molar-refractivity contribution >= 4 is 0 Å². The number of aromatic nitrogens is 2. The number of nitrogens with one attached hydrogen (secondary N) is 1. The Bertz CT molecular complexity index is 739. The van der Waals surface area contributed by atoms with Gasteiger partial charge in [-0.2, -0.15) is 0 Å². The Balaban J connectivity index is 1.84. The lowest BCUT2D eigenvalue weighted by atomic mass is 10.0. The molecule has 1 aliphatic heterocycles. The van der Waals surface area contributed by atoms with Crippen LogP contribution in [0.25, 0.3) is 0 Å². The third-order valence-corrected chi connectivity index (χ3v) is 4.07. The lowest BCUT2D eigenvalue weighted by molar-refractivity contribution is 0.236. The van der Waals surface area contributed by atoms with Gasteiger partial charge in [0.25, 0.3) is 5.56 Å². The number of halogens is 1. The van der Waals surface area contributed by atoms with Gasteiger partial charge in [0.05, 0.1) is 5.69 Å². The van der Waals surface area contributed by atoms with Gasteiger partial charge in [-0.25, -0.2) is 9.37 Å². The molecule has 0 aliphatic carbocycles. The van der Waals surface area contributed by atoms with Crippen molar-refractivity contribution in [2.45, 2.75) is 39.3 Å². The first-order valence-corrected chi connectivity index (χ1v) is 7.62. The van der Waals surface area contributed by atoms with Crippen LogP contribution in [0, 0.1) is 5.82 Å². The zero-order valence-electron chi connectivity index (χ0n) is 12.9. The maximum absolute atomic E-state index is 13.8. The van der Waals surface area contributed by atoms with E-state index in [4.69, 9.17) is 0 Å². The highest BCUT2D eigenvalue weighted by atomic mass is 19.1. The normalized spacial score (nSPS) is 15.1. The van der Waals surface area contributed by atoms with E-state index in [1.54, 1.807) is 12.1 Å². The van der Waals surface area contributed by atoms with E-state index in [-0.39, 0.29) is 17.3 Å². The molecule has 1 aromatic carbocycles. The van der Waals surface area contributed by atoms with Gasteiger partial charge in [-0.1, -0.05) is 32.0 Å². The minimum atomic E-state index is -0.185. The van der Waals surface area contributed by atoms with Crippen LogP contribution in [0.5, 0.6) is 0 Å². The molecule has 0 unspecified atom stereocenters. The summed E-state index contributed by atoms with van der Waals surface area (Å²) in [6, 6.07) is 6.82. The van der Waals surface area contributed by atoms with Crippen molar-refractivity contribution in [3.8, 4) is 0 Å². The molecule has 0 saturated heterocycles. The number of hydrogen-bond acceptors (Lipinski definition) is 3. The van der Waals surface area contributed by atoms with Crippen molar-refractivity contribution < 1.29 is 4.39 Å². The van der Waals surface area contributed by atoms with Gasteiger partial charge in [0, 0.05) is 36.7 Å². The second-order valence-corrected chi connectivity index (χ2v) is 6.08. The zero-order chi connectivity index (χ0) is 15.7. The lowest BCUT2D eigenvalue weighted by Gasteiger charge is -2.28. The Kier molecular flexibility index (Phi) is 4.07. The first-order chi connectivity index (χ1) is 10.5. The van der Waals surface area contributed by atoms with E-state index in [9.17, 15) is 9.18 Å². The Morgan fingerprint density at radius 2 is 2.14 bits per heavy atom. The number of rotatable bonds is 3. The molecule has 2 aromatic rings. The summed E-state index contributed by atoms with van der Waals surface area (Å²) in [4.78, 5) is 21.7. The third kappa shape index (κ3) is 2.95. The Labute approximate surface area is 129 Å². The molecule has 22 heavy (non-hydrogen) atoms. The molecular formula is C17H20FN3O. The summed E-state index contributed by atoms with van der Waals surface area (Å²) >= 11 is 0. The summed E-state index contributed by atoms with van der Waals surface area (Å²) in [7, 11) is 0. The molecule has 1 aliphatic rings. The highest BCUT2D eigenvalue weighted by Gasteiger charge is 2.22. The Morgan fingerprint density at radius 1 is 1.36 bits per heavy atom. The SMILES string of the molecule is CC(C)c1nc2c(c(=O)[nH]1)CCN(Cc1ccccc1F)C2. The van der Waals surface area contributed by atoms with E-state index in [0.717, 1.165) is 23.6 Å². The summed E-state index contributed by atoms with van der Waals surface area (Å²) in [5.41, 5.74) is 2.25. The fourth-order valence-corrected chi connectivity index (χ4v) is 2.79. The van der Waals surface area contributed by atoms with Crippen LogP contribution < -0.4 is 5.56 Å². The molecule has 0 bridgehead atoms. The Morgan fingerprint density at radius 3 is 2.86 bits per heavy atom. The van der Waals surface area contributed by atoms with Crippen molar-refractivity contribution in [3.05, 3.63) is 63.1 Å². The van der Waals surface area contributed by atoms with Gasteiger partial charge in [0.2, 0.25) is 0 Å². The standard InChI is InChI=1S/C17H20FN3O/c1-11(2)16-19-15-10-21(8-7-13(15)17(22)20-16)9-12-5-3-4-6-14(12)18/h3-6,11H,7-10H2,1-2H3,(H,19,20,22). The van der Waals surface area contributed by atoms with Crippen LogP contribution in [0.15, 0.2) is 29.1 Å². The van der Waals surface area contributed by atoms with E-state index >= 15 is 0 Å². The highest BCUT2D eigenvalue weighted by Crippen LogP contribution is 2.19. The fourth-order valence-electron chi connectivity index (χ4n) is 2.79. The van der Waals surface area contributed by atoms with Gasteiger partial charge in [-0.15, -0.1) is 0 Å². The molecule has 2 heterocycles. The van der Waals surface area contributed by atoms with Gasteiger partial charge < -0.3 is 4.98 Å². The number of nitrogens with zero attached hydrogens (tertiary/aromatic N) is 2. The van der Waals surface area contributed by atoms with Crippen molar-refractivity contribution in [1.82, 2.24) is 14.9 Å². The summed E-state index contributed by atoms with van der Waals surface area (Å²) in [5.74, 6) is 0.714. The first-order valence-electron chi connectivity index (χ1n) is 7.62. The predicted octanol–water partition coefficient (Wildman–Crippen LogP) is 2.59.